The molecule has 20 heavy (non-hydrogen) atoms. The third kappa shape index (κ3) is 2.97. The van der Waals surface area contributed by atoms with Gasteiger partial charge in [-0.3, -0.25) is 4.57 Å². The van der Waals surface area contributed by atoms with E-state index in [2.05, 4.69) is 21.3 Å². The first-order valence-corrected chi connectivity index (χ1v) is 6.98. The molecule has 2 aromatic rings. The van der Waals surface area contributed by atoms with Crippen molar-refractivity contribution >= 4 is 23.0 Å². The van der Waals surface area contributed by atoms with Crippen molar-refractivity contribution in [2.24, 2.45) is 7.05 Å². The van der Waals surface area contributed by atoms with Crippen molar-refractivity contribution in [1.82, 2.24) is 14.5 Å². The average molecular weight is 295 g/mol. The second-order valence-corrected chi connectivity index (χ2v) is 5.64. The quantitative estimate of drug-likeness (QED) is 0.652. The van der Waals surface area contributed by atoms with E-state index in [1.807, 2.05) is 25.5 Å². The van der Waals surface area contributed by atoms with E-state index in [0.29, 0.717) is 12.4 Å². The standard InChI is InChI=1S/C12H17N5O2S/c1-15(2)9(10-5-4-6-20-10)7-13-11-12(17(18)19)14-8-16(11)3/h4-6,8-9,13H,7H2,1-3H3. The van der Waals surface area contributed by atoms with Gasteiger partial charge in [-0.1, -0.05) is 6.07 Å². The second-order valence-electron chi connectivity index (χ2n) is 4.66. The lowest BCUT2D eigenvalue weighted by molar-refractivity contribution is -0.388. The number of anilines is 1. The van der Waals surface area contributed by atoms with Crippen LogP contribution in [0, 0.1) is 10.1 Å². The topological polar surface area (TPSA) is 76.2 Å². The number of hydrogen-bond donors (Lipinski definition) is 1. The van der Waals surface area contributed by atoms with Gasteiger partial charge in [-0.2, -0.15) is 0 Å². The SMILES string of the molecule is CN(C)C(CNc1c([N+](=O)[O-])ncn1C)c1cccs1. The lowest BCUT2D eigenvalue weighted by atomic mass is 10.2. The van der Waals surface area contributed by atoms with Crippen molar-refractivity contribution in [2.45, 2.75) is 6.04 Å². The normalized spacial score (nSPS) is 12.6. The highest BCUT2D eigenvalue weighted by Gasteiger charge is 2.22. The number of aromatic nitrogens is 2. The zero-order chi connectivity index (χ0) is 14.7. The van der Waals surface area contributed by atoms with Crippen molar-refractivity contribution in [3.8, 4) is 0 Å². The van der Waals surface area contributed by atoms with Gasteiger partial charge in [-0.05, 0) is 35.4 Å². The minimum absolute atomic E-state index is 0.142. The number of thiophene rings is 1. The molecule has 0 aliphatic rings. The highest BCUT2D eigenvalue weighted by atomic mass is 32.1. The molecule has 0 saturated carbocycles. The first-order chi connectivity index (χ1) is 9.50. The van der Waals surface area contributed by atoms with Crippen LogP contribution in [0.15, 0.2) is 23.8 Å². The molecule has 108 valence electrons. The molecular weight excluding hydrogens is 278 g/mol. The molecule has 0 bridgehead atoms. The van der Waals surface area contributed by atoms with Crippen LogP contribution in [0.5, 0.6) is 0 Å². The molecule has 2 aromatic heterocycles. The molecule has 1 unspecified atom stereocenters. The molecule has 0 aromatic carbocycles. The molecule has 0 spiro atoms. The Bertz CT molecular complexity index is 579. The number of hydrogen-bond acceptors (Lipinski definition) is 6. The molecule has 1 atom stereocenters. The highest BCUT2D eigenvalue weighted by Crippen LogP contribution is 2.26. The van der Waals surface area contributed by atoms with Crippen LogP contribution in [0.1, 0.15) is 10.9 Å². The molecule has 0 saturated heterocycles. The van der Waals surface area contributed by atoms with Gasteiger partial charge in [-0.25, -0.2) is 0 Å². The summed E-state index contributed by atoms with van der Waals surface area (Å²) in [6.07, 6.45) is 1.44. The van der Waals surface area contributed by atoms with Gasteiger partial charge >= 0.3 is 5.82 Å². The number of nitro groups is 1. The maximum Gasteiger partial charge on any atom is 0.406 e. The first kappa shape index (κ1) is 14.5. The van der Waals surface area contributed by atoms with E-state index >= 15 is 0 Å². The van der Waals surface area contributed by atoms with Gasteiger partial charge in [0.25, 0.3) is 0 Å². The summed E-state index contributed by atoms with van der Waals surface area (Å²) in [5, 5.41) is 16.1. The maximum absolute atomic E-state index is 10.9. The van der Waals surface area contributed by atoms with Crippen molar-refractivity contribution in [3.05, 3.63) is 38.8 Å². The number of imidazole rings is 1. The van der Waals surface area contributed by atoms with Crippen molar-refractivity contribution in [2.75, 3.05) is 26.0 Å². The Hall–Kier alpha value is -1.93. The van der Waals surface area contributed by atoms with E-state index in [-0.39, 0.29) is 11.9 Å². The predicted molar refractivity (Wildman–Crippen MR) is 79.1 cm³/mol. The fourth-order valence-corrected chi connectivity index (χ4v) is 2.89. The van der Waals surface area contributed by atoms with Crippen LogP contribution in [0.25, 0.3) is 0 Å². The third-order valence-electron chi connectivity index (χ3n) is 3.05. The van der Waals surface area contributed by atoms with Crippen LogP contribution >= 0.6 is 11.3 Å². The molecule has 2 rings (SSSR count). The van der Waals surface area contributed by atoms with Crippen LogP contribution in [0.3, 0.4) is 0 Å². The summed E-state index contributed by atoms with van der Waals surface area (Å²) in [6.45, 7) is 0.577. The van der Waals surface area contributed by atoms with Crippen LogP contribution in [-0.4, -0.2) is 40.0 Å². The summed E-state index contributed by atoms with van der Waals surface area (Å²) in [5.74, 6) is 0.287. The van der Waals surface area contributed by atoms with E-state index < -0.39 is 4.92 Å². The summed E-state index contributed by atoms with van der Waals surface area (Å²) >= 11 is 1.67. The van der Waals surface area contributed by atoms with E-state index in [1.165, 1.54) is 11.2 Å². The average Bonchev–Trinajstić information content (AvgIpc) is 3.00. The van der Waals surface area contributed by atoms with E-state index in [0.717, 1.165) is 0 Å². The number of rotatable bonds is 6. The van der Waals surface area contributed by atoms with E-state index in [4.69, 9.17) is 0 Å². The number of likely N-dealkylation sites (N-methyl/N-ethyl adjacent to an activating group) is 1. The van der Waals surface area contributed by atoms with Crippen LogP contribution in [-0.2, 0) is 7.05 Å². The van der Waals surface area contributed by atoms with Crippen LogP contribution in [0.2, 0.25) is 0 Å². The maximum atomic E-state index is 10.9. The van der Waals surface area contributed by atoms with Gasteiger partial charge in [0.05, 0.1) is 6.04 Å². The summed E-state index contributed by atoms with van der Waals surface area (Å²) < 4.78 is 1.62. The summed E-state index contributed by atoms with van der Waals surface area (Å²) in [6, 6.07) is 4.22. The largest absolute Gasteiger partial charge is 0.406 e. The van der Waals surface area contributed by atoms with Gasteiger partial charge < -0.3 is 20.3 Å². The second kappa shape index (κ2) is 6.02. The molecule has 2 heterocycles. The Morgan fingerprint density at radius 1 is 1.60 bits per heavy atom. The number of nitrogens with zero attached hydrogens (tertiary/aromatic N) is 4. The lowest BCUT2D eigenvalue weighted by Gasteiger charge is -2.23. The Morgan fingerprint density at radius 2 is 2.35 bits per heavy atom. The van der Waals surface area contributed by atoms with Crippen LogP contribution < -0.4 is 5.32 Å². The number of aryl methyl sites for hydroxylation is 1. The van der Waals surface area contributed by atoms with E-state index in [9.17, 15) is 10.1 Å². The molecular formula is C12H17N5O2S. The summed E-state index contributed by atoms with van der Waals surface area (Å²) in [7, 11) is 5.71. The van der Waals surface area contributed by atoms with Gasteiger partial charge in [0.1, 0.15) is 0 Å². The van der Waals surface area contributed by atoms with Gasteiger partial charge in [0.15, 0.2) is 0 Å². The molecule has 7 nitrogen and oxygen atoms in total. The van der Waals surface area contributed by atoms with Gasteiger partial charge in [-0.15, -0.1) is 11.3 Å². The summed E-state index contributed by atoms with van der Waals surface area (Å²) in [5.41, 5.74) is 0. The Labute approximate surface area is 121 Å². The third-order valence-corrected chi connectivity index (χ3v) is 4.02. The smallest absolute Gasteiger partial charge is 0.362 e. The monoisotopic (exact) mass is 295 g/mol. The first-order valence-electron chi connectivity index (χ1n) is 6.10. The Kier molecular flexibility index (Phi) is 4.35. The fourth-order valence-electron chi connectivity index (χ4n) is 1.97. The fraction of sp³-hybridized carbons (Fsp3) is 0.417. The molecule has 0 fully saturated rings. The van der Waals surface area contributed by atoms with Crippen molar-refractivity contribution in [1.29, 1.82) is 0 Å². The molecule has 1 N–H and O–H groups in total. The zero-order valence-corrected chi connectivity index (χ0v) is 12.4. The zero-order valence-electron chi connectivity index (χ0n) is 11.6. The molecule has 0 amide bonds. The lowest BCUT2D eigenvalue weighted by Crippen LogP contribution is -2.26. The summed E-state index contributed by atoms with van der Waals surface area (Å²) in [4.78, 5) is 17.5. The highest BCUT2D eigenvalue weighted by molar-refractivity contribution is 7.10. The molecule has 0 aliphatic heterocycles. The molecule has 8 heteroatoms. The van der Waals surface area contributed by atoms with Gasteiger partial charge in [0, 0.05) is 18.5 Å². The predicted octanol–water partition coefficient (Wildman–Crippen LogP) is 2.10. The minimum atomic E-state index is -0.474. The molecule has 0 aliphatic carbocycles. The van der Waals surface area contributed by atoms with Crippen LogP contribution in [0.4, 0.5) is 11.6 Å². The Balaban J connectivity index is 2.14. The van der Waals surface area contributed by atoms with E-state index in [1.54, 1.807) is 23.0 Å². The number of nitrogens with one attached hydrogen (secondary N) is 1. The Morgan fingerprint density at radius 3 is 2.90 bits per heavy atom. The van der Waals surface area contributed by atoms with Crippen molar-refractivity contribution < 1.29 is 4.92 Å². The van der Waals surface area contributed by atoms with Gasteiger partial charge in [0.2, 0.25) is 12.1 Å². The molecule has 0 radical (unpaired) electrons. The minimum Gasteiger partial charge on any atom is -0.362 e. The van der Waals surface area contributed by atoms with Crippen molar-refractivity contribution in [3.63, 3.8) is 0 Å².